The van der Waals surface area contributed by atoms with Crippen molar-refractivity contribution in [3.05, 3.63) is 34.3 Å². The Hall–Kier alpha value is -0.930. The van der Waals surface area contributed by atoms with E-state index in [1.165, 1.54) is 0 Å². The predicted octanol–water partition coefficient (Wildman–Crippen LogP) is 2.63. The maximum absolute atomic E-state index is 5.70. The summed E-state index contributed by atoms with van der Waals surface area (Å²) in [5, 5.41) is 0.693. The van der Waals surface area contributed by atoms with E-state index in [-0.39, 0.29) is 0 Å². The first-order chi connectivity index (χ1) is 4.74. The minimum atomic E-state index is 0.693. The van der Waals surface area contributed by atoms with Gasteiger partial charge in [-0.3, -0.25) is 0 Å². The van der Waals surface area contributed by atoms with E-state index in [9.17, 15) is 0 Å². The monoisotopic (exact) mass is 150 g/mol. The van der Waals surface area contributed by atoms with Crippen LogP contribution >= 0.6 is 11.6 Å². The summed E-state index contributed by atoms with van der Waals surface area (Å²) in [4.78, 5) is 0. The fourth-order valence-electron chi connectivity index (χ4n) is 0.750. The third kappa shape index (κ3) is 1.32. The summed E-state index contributed by atoms with van der Waals surface area (Å²) in [7, 11) is 0. The van der Waals surface area contributed by atoms with Gasteiger partial charge in [-0.25, -0.2) is 0 Å². The van der Waals surface area contributed by atoms with Crippen LogP contribution in [-0.4, -0.2) is 0 Å². The van der Waals surface area contributed by atoms with Gasteiger partial charge in [0.1, 0.15) is 0 Å². The van der Waals surface area contributed by atoms with E-state index in [2.05, 4.69) is 5.92 Å². The van der Waals surface area contributed by atoms with E-state index in [0.717, 1.165) is 11.1 Å². The van der Waals surface area contributed by atoms with Crippen LogP contribution in [0.25, 0.3) is 0 Å². The average Bonchev–Trinajstić information content (AvgIpc) is 1.94. The molecule has 0 radical (unpaired) electrons. The Bertz CT molecular complexity index is 281. The van der Waals surface area contributed by atoms with Crippen LogP contribution in [-0.2, 0) is 0 Å². The molecule has 10 heavy (non-hydrogen) atoms. The summed E-state index contributed by atoms with van der Waals surface area (Å²) in [6, 6.07) is 5.53. The molecular formula is C9H7Cl. The second kappa shape index (κ2) is 2.77. The molecule has 0 unspecified atom stereocenters. The minimum absolute atomic E-state index is 0.693. The molecule has 0 saturated carbocycles. The van der Waals surface area contributed by atoms with Crippen molar-refractivity contribution >= 4 is 11.6 Å². The lowest BCUT2D eigenvalue weighted by atomic mass is 10.1. The van der Waals surface area contributed by atoms with Crippen molar-refractivity contribution in [1.29, 1.82) is 0 Å². The minimum Gasteiger partial charge on any atom is -0.115 e. The van der Waals surface area contributed by atoms with Crippen LogP contribution in [0.1, 0.15) is 11.1 Å². The van der Waals surface area contributed by atoms with Gasteiger partial charge < -0.3 is 0 Å². The first-order valence-electron chi connectivity index (χ1n) is 2.97. The smallest absolute Gasteiger partial charge is 0.0418 e. The van der Waals surface area contributed by atoms with Crippen molar-refractivity contribution in [2.45, 2.75) is 6.92 Å². The first kappa shape index (κ1) is 7.18. The second-order valence-electron chi connectivity index (χ2n) is 2.10. The predicted molar refractivity (Wildman–Crippen MR) is 44.1 cm³/mol. The molecule has 0 aromatic heterocycles. The van der Waals surface area contributed by atoms with E-state index < -0.39 is 0 Å². The standard InChI is InChI=1S/C9H7Cl/c1-3-8-6-9(10)5-4-7(8)2/h1,4-6H,2H3. The summed E-state index contributed by atoms with van der Waals surface area (Å²) in [5.74, 6) is 2.55. The normalized spacial score (nSPS) is 8.90. The van der Waals surface area contributed by atoms with Crippen molar-refractivity contribution < 1.29 is 0 Å². The summed E-state index contributed by atoms with van der Waals surface area (Å²) in [6.07, 6.45) is 5.21. The second-order valence-corrected chi connectivity index (χ2v) is 2.54. The number of benzene rings is 1. The van der Waals surface area contributed by atoms with E-state index in [1.807, 2.05) is 19.1 Å². The quantitative estimate of drug-likeness (QED) is 0.499. The Labute approximate surface area is 65.8 Å². The zero-order valence-electron chi connectivity index (χ0n) is 5.69. The molecule has 1 aromatic carbocycles. The molecule has 0 heterocycles. The van der Waals surface area contributed by atoms with Gasteiger partial charge in [0.05, 0.1) is 0 Å². The molecule has 0 aliphatic heterocycles. The molecule has 0 aliphatic rings. The van der Waals surface area contributed by atoms with Crippen molar-refractivity contribution in [3.8, 4) is 12.3 Å². The van der Waals surface area contributed by atoms with Gasteiger partial charge in [0, 0.05) is 10.6 Å². The highest BCUT2D eigenvalue weighted by atomic mass is 35.5. The molecule has 0 saturated heterocycles. The van der Waals surface area contributed by atoms with E-state index in [1.54, 1.807) is 6.07 Å². The van der Waals surface area contributed by atoms with Crippen LogP contribution in [0.15, 0.2) is 18.2 Å². The van der Waals surface area contributed by atoms with E-state index in [4.69, 9.17) is 18.0 Å². The molecule has 0 spiro atoms. The molecule has 1 heteroatoms. The molecule has 1 rings (SSSR count). The SMILES string of the molecule is C#Cc1cc(Cl)ccc1C. The Balaban J connectivity index is 3.25. The fraction of sp³-hybridized carbons (Fsp3) is 0.111. The fourth-order valence-corrected chi connectivity index (χ4v) is 0.922. The van der Waals surface area contributed by atoms with Crippen LogP contribution in [0.5, 0.6) is 0 Å². The number of terminal acetylenes is 1. The van der Waals surface area contributed by atoms with Crippen LogP contribution in [0.2, 0.25) is 5.02 Å². The third-order valence-corrected chi connectivity index (χ3v) is 1.59. The molecule has 50 valence electrons. The van der Waals surface area contributed by atoms with Crippen molar-refractivity contribution in [2.24, 2.45) is 0 Å². The topological polar surface area (TPSA) is 0 Å². The Morgan fingerprint density at radius 2 is 2.20 bits per heavy atom. The van der Waals surface area contributed by atoms with Crippen molar-refractivity contribution in [2.75, 3.05) is 0 Å². The highest BCUT2D eigenvalue weighted by Gasteiger charge is 1.93. The zero-order chi connectivity index (χ0) is 7.56. The molecule has 0 nitrogen and oxygen atoms in total. The summed E-state index contributed by atoms with van der Waals surface area (Å²) >= 11 is 5.70. The van der Waals surface area contributed by atoms with Gasteiger partial charge in [0.25, 0.3) is 0 Å². The largest absolute Gasteiger partial charge is 0.115 e. The maximum atomic E-state index is 5.70. The molecule has 0 bridgehead atoms. The van der Waals surface area contributed by atoms with Gasteiger partial charge in [-0.1, -0.05) is 23.6 Å². The Morgan fingerprint density at radius 1 is 1.50 bits per heavy atom. The maximum Gasteiger partial charge on any atom is 0.0418 e. The molecule has 0 atom stereocenters. The van der Waals surface area contributed by atoms with Gasteiger partial charge in [0.15, 0.2) is 0 Å². The van der Waals surface area contributed by atoms with Gasteiger partial charge in [-0.05, 0) is 24.6 Å². The van der Waals surface area contributed by atoms with Gasteiger partial charge in [-0.2, -0.15) is 0 Å². The van der Waals surface area contributed by atoms with Gasteiger partial charge >= 0.3 is 0 Å². The van der Waals surface area contributed by atoms with Crippen molar-refractivity contribution in [1.82, 2.24) is 0 Å². The number of hydrogen-bond donors (Lipinski definition) is 0. The lowest BCUT2D eigenvalue weighted by Crippen LogP contribution is -1.79. The molecule has 1 aromatic rings. The molecular weight excluding hydrogens is 144 g/mol. The van der Waals surface area contributed by atoms with Gasteiger partial charge in [-0.15, -0.1) is 6.42 Å². The van der Waals surface area contributed by atoms with Gasteiger partial charge in [0.2, 0.25) is 0 Å². The first-order valence-corrected chi connectivity index (χ1v) is 3.34. The van der Waals surface area contributed by atoms with Crippen LogP contribution in [0.3, 0.4) is 0 Å². The van der Waals surface area contributed by atoms with Crippen LogP contribution in [0.4, 0.5) is 0 Å². The number of hydrogen-bond acceptors (Lipinski definition) is 0. The number of rotatable bonds is 0. The highest BCUT2D eigenvalue weighted by Crippen LogP contribution is 2.13. The van der Waals surface area contributed by atoms with E-state index >= 15 is 0 Å². The Morgan fingerprint density at radius 3 is 2.70 bits per heavy atom. The zero-order valence-corrected chi connectivity index (χ0v) is 6.44. The van der Waals surface area contributed by atoms with Crippen LogP contribution in [0, 0.1) is 19.3 Å². The average molecular weight is 151 g/mol. The Kier molecular flexibility index (Phi) is 1.99. The molecule has 0 amide bonds. The number of aryl methyl sites for hydroxylation is 1. The molecule has 0 N–H and O–H groups in total. The van der Waals surface area contributed by atoms with Crippen LogP contribution < -0.4 is 0 Å². The summed E-state index contributed by atoms with van der Waals surface area (Å²) in [6.45, 7) is 1.96. The lowest BCUT2D eigenvalue weighted by molar-refractivity contribution is 1.44. The summed E-state index contributed by atoms with van der Waals surface area (Å²) in [5.41, 5.74) is 1.96. The van der Waals surface area contributed by atoms with Crippen molar-refractivity contribution in [3.63, 3.8) is 0 Å². The summed E-state index contributed by atoms with van der Waals surface area (Å²) < 4.78 is 0. The lowest BCUT2D eigenvalue weighted by Gasteiger charge is -1.96. The third-order valence-electron chi connectivity index (χ3n) is 1.36. The highest BCUT2D eigenvalue weighted by molar-refractivity contribution is 6.30. The van der Waals surface area contributed by atoms with E-state index in [0.29, 0.717) is 5.02 Å². The molecule has 0 aliphatic carbocycles. The number of halogens is 1. The molecule has 0 fully saturated rings.